The molecule has 1 amide bonds. The fraction of sp³-hybridized carbons (Fsp3) is 0.381. The molecule has 164 valence electrons. The Kier molecular flexibility index (Phi) is 6.81. The van der Waals surface area contributed by atoms with E-state index in [2.05, 4.69) is 20.2 Å². The second-order valence-corrected chi connectivity index (χ2v) is 9.16. The van der Waals surface area contributed by atoms with Gasteiger partial charge in [0.25, 0.3) is 5.91 Å². The first kappa shape index (κ1) is 22.1. The molecule has 0 bridgehead atoms. The lowest BCUT2D eigenvalue weighted by Crippen LogP contribution is -2.25. The minimum absolute atomic E-state index is 0.0636. The number of nitrogens with one attached hydrogen (secondary N) is 1. The average molecular weight is 480 g/mol. The summed E-state index contributed by atoms with van der Waals surface area (Å²) < 4.78 is 5.97. The van der Waals surface area contributed by atoms with E-state index in [1.807, 2.05) is 6.92 Å². The van der Waals surface area contributed by atoms with Crippen LogP contribution in [-0.2, 0) is 0 Å². The van der Waals surface area contributed by atoms with Gasteiger partial charge >= 0.3 is 0 Å². The number of hydrogen-bond acceptors (Lipinski definition) is 7. The largest absolute Gasteiger partial charge is 0.491 e. The zero-order valence-electron chi connectivity index (χ0n) is 17.1. The highest BCUT2D eigenvalue weighted by Crippen LogP contribution is 2.40. The first-order chi connectivity index (χ1) is 15.0. The number of fused-ring (bicyclic) bond motifs is 1. The summed E-state index contributed by atoms with van der Waals surface area (Å²) in [4.78, 5) is 24.3. The number of aromatic nitrogens is 2. The number of nitrogens with two attached hydrogens (primary N) is 1. The van der Waals surface area contributed by atoms with E-state index in [1.165, 1.54) is 24.2 Å². The smallest absolute Gasteiger partial charge is 0.289 e. The van der Waals surface area contributed by atoms with Gasteiger partial charge in [-0.15, -0.1) is 0 Å². The molecule has 0 spiro atoms. The predicted molar refractivity (Wildman–Crippen MR) is 126 cm³/mol. The van der Waals surface area contributed by atoms with Crippen molar-refractivity contribution in [2.45, 2.75) is 19.8 Å². The predicted octanol–water partition coefficient (Wildman–Crippen LogP) is 4.47. The first-order valence-electron chi connectivity index (χ1n) is 10.2. The van der Waals surface area contributed by atoms with Crippen LogP contribution >= 0.6 is 34.5 Å². The number of halogens is 2. The van der Waals surface area contributed by atoms with Gasteiger partial charge in [0.2, 0.25) is 5.82 Å². The summed E-state index contributed by atoms with van der Waals surface area (Å²) in [6, 6.07) is 5.19. The van der Waals surface area contributed by atoms with E-state index in [1.54, 1.807) is 18.2 Å². The highest BCUT2D eigenvalue weighted by atomic mass is 35.5. The van der Waals surface area contributed by atoms with Gasteiger partial charge in [-0.25, -0.2) is 9.97 Å². The van der Waals surface area contributed by atoms with Gasteiger partial charge in [0.15, 0.2) is 0 Å². The maximum absolute atomic E-state index is 12.4. The van der Waals surface area contributed by atoms with Crippen LogP contribution in [0, 0.1) is 0 Å². The minimum Gasteiger partial charge on any atom is -0.491 e. The quantitative estimate of drug-likeness (QED) is 0.518. The molecule has 1 aromatic carbocycles. The number of nitrogens with zero attached hydrogens (tertiary/aromatic N) is 3. The van der Waals surface area contributed by atoms with Crippen molar-refractivity contribution < 1.29 is 9.53 Å². The number of likely N-dealkylation sites (tertiary alicyclic amines) is 1. The van der Waals surface area contributed by atoms with Gasteiger partial charge in [-0.3, -0.25) is 9.69 Å². The number of ether oxygens (including phenoxy) is 1. The summed E-state index contributed by atoms with van der Waals surface area (Å²) >= 11 is 14.2. The Morgan fingerprint density at radius 1 is 1.23 bits per heavy atom. The number of benzene rings is 1. The minimum atomic E-state index is -0.357. The van der Waals surface area contributed by atoms with Crippen LogP contribution in [0.25, 0.3) is 21.5 Å². The van der Waals surface area contributed by atoms with Gasteiger partial charge in [-0.2, -0.15) is 0 Å². The summed E-state index contributed by atoms with van der Waals surface area (Å²) in [6.07, 6.45) is 2.46. The number of rotatable bonds is 7. The van der Waals surface area contributed by atoms with E-state index in [0.717, 1.165) is 25.0 Å². The molecular formula is C21H23Cl2N5O2S. The van der Waals surface area contributed by atoms with E-state index >= 15 is 0 Å². The summed E-state index contributed by atoms with van der Waals surface area (Å²) in [5.74, 6) is 0.230. The van der Waals surface area contributed by atoms with Crippen molar-refractivity contribution in [3.63, 3.8) is 0 Å². The molecule has 0 aliphatic carbocycles. The molecule has 1 saturated heterocycles. The maximum atomic E-state index is 12.4. The summed E-state index contributed by atoms with van der Waals surface area (Å²) in [6.45, 7) is 5.87. The van der Waals surface area contributed by atoms with Crippen LogP contribution in [0.15, 0.2) is 18.2 Å². The van der Waals surface area contributed by atoms with Crippen molar-refractivity contribution in [1.29, 1.82) is 0 Å². The Hall–Kier alpha value is -2.13. The third-order valence-corrected chi connectivity index (χ3v) is 6.56. The number of thiophene rings is 1. The van der Waals surface area contributed by atoms with Crippen LogP contribution in [0.3, 0.4) is 0 Å². The van der Waals surface area contributed by atoms with Gasteiger partial charge in [-0.05, 0) is 51.1 Å². The molecule has 4 rings (SSSR count). The number of carbonyl (C=O) groups excluding carboxylic acids is 1. The number of hydrogen-bond donors (Lipinski definition) is 2. The lowest BCUT2D eigenvalue weighted by atomic mass is 10.1. The van der Waals surface area contributed by atoms with E-state index in [0.29, 0.717) is 50.0 Å². The Labute approximate surface area is 194 Å². The van der Waals surface area contributed by atoms with Crippen LogP contribution in [0.5, 0.6) is 5.75 Å². The monoisotopic (exact) mass is 479 g/mol. The molecular weight excluding hydrogens is 457 g/mol. The molecule has 3 aromatic rings. The highest BCUT2D eigenvalue weighted by Gasteiger charge is 2.20. The van der Waals surface area contributed by atoms with Gasteiger partial charge in [0.05, 0.1) is 20.7 Å². The maximum Gasteiger partial charge on any atom is 0.289 e. The molecule has 0 saturated carbocycles. The third kappa shape index (κ3) is 4.87. The fourth-order valence-corrected chi connectivity index (χ4v) is 4.92. The van der Waals surface area contributed by atoms with Crippen molar-refractivity contribution in [2.75, 3.05) is 38.5 Å². The second-order valence-electron chi connectivity index (χ2n) is 7.28. The molecule has 0 atom stereocenters. The zero-order chi connectivity index (χ0) is 22.0. The average Bonchev–Trinajstić information content (AvgIpc) is 3.37. The SMILES string of the molecule is CCNC(=O)c1nc(-c2cc(OCCN3CCCC3)c(Cl)cc2Cl)c2cc(N)sc2n1. The van der Waals surface area contributed by atoms with Gasteiger partial charge < -0.3 is 15.8 Å². The van der Waals surface area contributed by atoms with E-state index in [-0.39, 0.29) is 11.7 Å². The van der Waals surface area contributed by atoms with Crippen molar-refractivity contribution in [2.24, 2.45) is 0 Å². The number of amides is 1. The van der Waals surface area contributed by atoms with Crippen LogP contribution < -0.4 is 15.8 Å². The second kappa shape index (κ2) is 9.56. The molecule has 1 aliphatic heterocycles. The molecule has 3 heterocycles. The molecule has 2 aromatic heterocycles. The van der Waals surface area contributed by atoms with Crippen LogP contribution in [0.4, 0.5) is 5.00 Å². The summed E-state index contributed by atoms with van der Waals surface area (Å²) in [5.41, 5.74) is 7.13. The standard InChI is InChI=1S/C21H23Cl2N5O2S/c1-2-25-20(29)19-26-18(13-10-17(24)31-21(13)27-19)12-9-16(15(23)11-14(12)22)30-8-7-28-5-3-4-6-28/h9-11H,2-8,24H2,1H3,(H,25,29). The highest BCUT2D eigenvalue weighted by molar-refractivity contribution is 7.22. The number of nitrogen functional groups attached to an aromatic ring is 1. The lowest BCUT2D eigenvalue weighted by Gasteiger charge is -2.16. The Balaban J connectivity index is 1.71. The van der Waals surface area contributed by atoms with E-state index < -0.39 is 0 Å². The molecule has 7 nitrogen and oxygen atoms in total. The fourth-order valence-electron chi connectivity index (χ4n) is 3.60. The van der Waals surface area contributed by atoms with E-state index in [4.69, 9.17) is 33.7 Å². The van der Waals surface area contributed by atoms with Crippen molar-refractivity contribution >= 4 is 55.7 Å². The Morgan fingerprint density at radius 3 is 2.74 bits per heavy atom. The summed E-state index contributed by atoms with van der Waals surface area (Å²) in [5, 5.41) is 4.86. The molecule has 1 aliphatic rings. The number of anilines is 1. The lowest BCUT2D eigenvalue weighted by molar-refractivity contribution is 0.0946. The van der Waals surface area contributed by atoms with Gasteiger partial charge in [0.1, 0.15) is 17.2 Å². The first-order valence-corrected chi connectivity index (χ1v) is 11.7. The van der Waals surface area contributed by atoms with Crippen molar-refractivity contribution in [3.05, 3.63) is 34.1 Å². The Morgan fingerprint density at radius 2 is 2.00 bits per heavy atom. The molecule has 0 radical (unpaired) electrons. The zero-order valence-corrected chi connectivity index (χ0v) is 19.4. The van der Waals surface area contributed by atoms with Gasteiger partial charge in [-0.1, -0.05) is 34.5 Å². The third-order valence-electron chi connectivity index (χ3n) is 5.09. The molecule has 3 N–H and O–H groups in total. The van der Waals surface area contributed by atoms with Gasteiger partial charge in [0, 0.05) is 24.0 Å². The normalized spacial score (nSPS) is 14.3. The molecule has 10 heteroatoms. The topological polar surface area (TPSA) is 93.4 Å². The van der Waals surface area contributed by atoms with Crippen molar-refractivity contribution in [3.8, 4) is 17.0 Å². The molecule has 0 unspecified atom stereocenters. The van der Waals surface area contributed by atoms with Crippen LogP contribution in [-0.4, -0.2) is 53.6 Å². The van der Waals surface area contributed by atoms with Crippen molar-refractivity contribution in [1.82, 2.24) is 20.2 Å². The van der Waals surface area contributed by atoms with Crippen LogP contribution in [0.1, 0.15) is 30.4 Å². The molecule has 1 fully saturated rings. The summed E-state index contributed by atoms with van der Waals surface area (Å²) in [7, 11) is 0. The molecule has 31 heavy (non-hydrogen) atoms. The Bertz CT molecular complexity index is 1110. The van der Waals surface area contributed by atoms with E-state index in [9.17, 15) is 4.79 Å². The van der Waals surface area contributed by atoms with Crippen LogP contribution in [0.2, 0.25) is 10.0 Å². The number of carbonyl (C=O) groups is 1.